The molecule has 1 aromatic rings. The minimum atomic E-state index is -1.80. The molecule has 1 heterocycles. The van der Waals surface area contributed by atoms with E-state index in [1.807, 2.05) is 6.07 Å². The largest absolute Gasteiger partial charge is 0.493 e. The zero-order valence-electron chi connectivity index (χ0n) is 13.0. The Bertz CT molecular complexity index is 510. The fourth-order valence-electron chi connectivity index (χ4n) is 2.48. The van der Waals surface area contributed by atoms with E-state index in [9.17, 15) is 5.11 Å². The molecule has 21 heavy (non-hydrogen) atoms. The Kier molecular flexibility index (Phi) is 5.31. The third-order valence-corrected chi connectivity index (χ3v) is 8.88. The predicted octanol–water partition coefficient (Wildman–Crippen LogP) is 4.17. The van der Waals surface area contributed by atoms with Crippen molar-refractivity contribution in [3.05, 3.63) is 28.8 Å². The molecular formula is C15H23ClO3SSi. The maximum Gasteiger partial charge on any atom is 0.196 e. The van der Waals surface area contributed by atoms with Gasteiger partial charge in [0.15, 0.2) is 8.32 Å². The highest BCUT2D eigenvalue weighted by Crippen LogP contribution is 2.46. The van der Waals surface area contributed by atoms with Crippen LogP contribution in [-0.4, -0.2) is 31.5 Å². The van der Waals surface area contributed by atoms with Gasteiger partial charge in [0.05, 0.1) is 6.61 Å². The third-order valence-electron chi connectivity index (χ3n) is 3.27. The van der Waals surface area contributed by atoms with E-state index in [4.69, 9.17) is 20.8 Å². The van der Waals surface area contributed by atoms with Gasteiger partial charge < -0.3 is 14.3 Å². The summed E-state index contributed by atoms with van der Waals surface area (Å²) >= 11 is 7.62. The molecule has 1 unspecified atom stereocenters. The molecule has 0 spiro atoms. The molecule has 0 aliphatic carbocycles. The predicted molar refractivity (Wildman–Crippen MR) is 91.6 cm³/mol. The van der Waals surface area contributed by atoms with Crippen molar-refractivity contribution in [1.82, 2.24) is 0 Å². The van der Waals surface area contributed by atoms with Crippen LogP contribution in [0.5, 0.6) is 5.75 Å². The van der Waals surface area contributed by atoms with E-state index in [2.05, 4.69) is 26.9 Å². The van der Waals surface area contributed by atoms with E-state index in [0.29, 0.717) is 18.1 Å². The van der Waals surface area contributed by atoms with Crippen molar-refractivity contribution in [1.29, 1.82) is 0 Å². The highest BCUT2D eigenvalue weighted by atomic mass is 35.5. The Morgan fingerprint density at radius 2 is 2.19 bits per heavy atom. The number of halogens is 1. The lowest BCUT2D eigenvalue weighted by Crippen LogP contribution is -2.40. The van der Waals surface area contributed by atoms with Crippen molar-refractivity contribution in [2.45, 2.75) is 44.4 Å². The lowest BCUT2D eigenvalue weighted by Gasteiger charge is -2.36. The maximum absolute atomic E-state index is 11.0. The average Bonchev–Trinajstić information content (AvgIpc) is 2.37. The Hall–Kier alpha value is -0.203. The SMILES string of the molecule is CC(C)O[Si](C)(C)CSC1(O)CCOc2ccc(Cl)cc21. The van der Waals surface area contributed by atoms with Gasteiger partial charge >= 0.3 is 0 Å². The van der Waals surface area contributed by atoms with Crippen molar-refractivity contribution >= 4 is 31.7 Å². The van der Waals surface area contributed by atoms with E-state index in [0.717, 1.165) is 16.7 Å². The van der Waals surface area contributed by atoms with Crippen LogP contribution in [0.15, 0.2) is 18.2 Å². The Morgan fingerprint density at radius 3 is 2.86 bits per heavy atom. The second-order valence-corrected chi connectivity index (χ2v) is 12.5. The molecule has 118 valence electrons. The fraction of sp³-hybridized carbons (Fsp3) is 0.600. The molecule has 0 aromatic heterocycles. The Morgan fingerprint density at radius 1 is 1.48 bits per heavy atom. The van der Waals surface area contributed by atoms with Crippen LogP contribution in [-0.2, 0) is 9.36 Å². The quantitative estimate of drug-likeness (QED) is 0.641. The first-order valence-electron chi connectivity index (χ1n) is 7.19. The van der Waals surface area contributed by atoms with E-state index >= 15 is 0 Å². The van der Waals surface area contributed by atoms with Crippen LogP contribution in [0.3, 0.4) is 0 Å². The van der Waals surface area contributed by atoms with Gasteiger partial charge in [-0.1, -0.05) is 11.6 Å². The van der Waals surface area contributed by atoms with E-state index in [-0.39, 0.29) is 6.10 Å². The summed E-state index contributed by atoms with van der Waals surface area (Å²) in [5, 5.41) is 12.5. The summed E-state index contributed by atoms with van der Waals surface area (Å²) in [4.78, 5) is -0.941. The molecule has 0 radical (unpaired) electrons. The molecule has 6 heteroatoms. The highest BCUT2D eigenvalue weighted by molar-refractivity contribution is 8.01. The van der Waals surface area contributed by atoms with Gasteiger partial charge in [-0.05, 0) is 45.1 Å². The third kappa shape index (κ3) is 4.39. The second-order valence-electron chi connectivity index (χ2n) is 6.24. The maximum atomic E-state index is 11.0. The second kappa shape index (κ2) is 6.50. The average molecular weight is 347 g/mol. The molecular weight excluding hydrogens is 324 g/mol. The summed E-state index contributed by atoms with van der Waals surface area (Å²) in [5.41, 5.74) is 0.778. The van der Waals surface area contributed by atoms with Crippen LogP contribution in [0.2, 0.25) is 18.1 Å². The number of benzene rings is 1. The van der Waals surface area contributed by atoms with Gasteiger partial charge in [-0.2, -0.15) is 0 Å². The van der Waals surface area contributed by atoms with Crippen LogP contribution in [0.1, 0.15) is 25.8 Å². The molecule has 0 saturated carbocycles. The zero-order valence-corrected chi connectivity index (χ0v) is 15.6. The monoisotopic (exact) mass is 346 g/mol. The van der Waals surface area contributed by atoms with Gasteiger partial charge in [0.25, 0.3) is 0 Å². The van der Waals surface area contributed by atoms with Crippen molar-refractivity contribution in [3.63, 3.8) is 0 Å². The number of hydrogen-bond donors (Lipinski definition) is 1. The topological polar surface area (TPSA) is 38.7 Å². The van der Waals surface area contributed by atoms with Gasteiger partial charge in [0.1, 0.15) is 10.7 Å². The minimum absolute atomic E-state index is 0.221. The molecule has 2 rings (SSSR count). The van der Waals surface area contributed by atoms with Gasteiger partial charge in [-0.15, -0.1) is 11.8 Å². The Balaban J connectivity index is 2.15. The summed E-state index contributed by atoms with van der Waals surface area (Å²) in [7, 11) is -1.80. The molecule has 0 saturated heterocycles. The highest BCUT2D eigenvalue weighted by Gasteiger charge is 2.39. The number of thioether (sulfide) groups is 1. The summed E-state index contributed by atoms with van der Waals surface area (Å²) < 4.78 is 11.7. The van der Waals surface area contributed by atoms with Gasteiger partial charge in [-0.25, -0.2) is 0 Å². The van der Waals surface area contributed by atoms with Gasteiger partial charge in [0.2, 0.25) is 0 Å². The molecule has 1 N–H and O–H groups in total. The molecule has 1 aliphatic heterocycles. The lowest BCUT2D eigenvalue weighted by molar-refractivity contribution is 0.0823. The number of hydrogen-bond acceptors (Lipinski definition) is 4. The van der Waals surface area contributed by atoms with E-state index < -0.39 is 13.3 Å². The fourth-order valence-corrected chi connectivity index (χ4v) is 7.09. The number of fused-ring (bicyclic) bond motifs is 1. The minimum Gasteiger partial charge on any atom is -0.493 e. The van der Waals surface area contributed by atoms with Crippen molar-refractivity contribution in [2.24, 2.45) is 0 Å². The molecule has 1 atom stereocenters. The van der Waals surface area contributed by atoms with Crippen LogP contribution >= 0.6 is 23.4 Å². The van der Waals surface area contributed by atoms with Gasteiger partial charge in [0, 0.05) is 28.5 Å². The summed E-state index contributed by atoms with van der Waals surface area (Å²) in [6, 6.07) is 5.42. The first kappa shape index (κ1) is 17.2. The van der Waals surface area contributed by atoms with Crippen LogP contribution in [0.4, 0.5) is 0 Å². The molecule has 0 amide bonds. The lowest BCUT2D eigenvalue weighted by atomic mass is 10.0. The number of rotatable bonds is 5. The number of ether oxygens (including phenoxy) is 1. The first-order valence-corrected chi connectivity index (χ1v) is 11.7. The molecule has 3 nitrogen and oxygen atoms in total. The molecule has 1 aromatic carbocycles. The van der Waals surface area contributed by atoms with E-state index in [1.54, 1.807) is 23.9 Å². The number of aliphatic hydroxyl groups is 1. The van der Waals surface area contributed by atoms with Gasteiger partial charge in [-0.3, -0.25) is 0 Å². The molecule has 0 bridgehead atoms. The molecule has 0 fully saturated rings. The smallest absolute Gasteiger partial charge is 0.196 e. The normalized spacial score (nSPS) is 22.0. The first-order chi connectivity index (χ1) is 9.72. The zero-order chi connectivity index (χ0) is 15.7. The summed E-state index contributed by atoms with van der Waals surface area (Å²) in [6.07, 6.45) is 0.787. The summed E-state index contributed by atoms with van der Waals surface area (Å²) in [6.45, 7) is 8.99. The molecule has 1 aliphatic rings. The summed E-state index contributed by atoms with van der Waals surface area (Å²) in [5.74, 6) is 0.727. The van der Waals surface area contributed by atoms with Crippen LogP contribution in [0.25, 0.3) is 0 Å². The van der Waals surface area contributed by atoms with Crippen molar-refractivity contribution in [2.75, 3.05) is 12.0 Å². The van der Waals surface area contributed by atoms with Crippen molar-refractivity contribution in [3.8, 4) is 5.75 Å². The van der Waals surface area contributed by atoms with Crippen LogP contribution < -0.4 is 4.74 Å². The van der Waals surface area contributed by atoms with E-state index in [1.165, 1.54) is 0 Å². The van der Waals surface area contributed by atoms with Crippen molar-refractivity contribution < 1.29 is 14.3 Å². The standard InChI is InChI=1S/C15H23ClO3SSi/c1-11(2)19-21(3,4)10-20-15(17)7-8-18-14-6-5-12(16)9-13(14)15/h5-6,9,11,17H,7-8,10H2,1-4H3. The Labute approximate surface area is 137 Å². The van der Waals surface area contributed by atoms with Crippen LogP contribution in [0, 0.1) is 0 Å².